The fraction of sp³-hybridized carbons (Fsp3) is 0.917. The molecule has 3 nitrogen and oxygen atoms in total. The number of carbonyl (C=O) groups excluding carboxylic acids is 1. The van der Waals surface area contributed by atoms with Crippen LogP contribution in [0, 0.1) is 0 Å². The lowest BCUT2D eigenvalue weighted by atomic mass is 9.87. The van der Waals surface area contributed by atoms with E-state index >= 15 is 0 Å². The molecule has 0 spiro atoms. The monoisotopic (exact) mass is 369 g/mol. The third-order valence-electron chi connectivity index (χ3n) is 3.21. The maximum absolute atomic E-state index is 11.9. The van der Waals surface area contributed by atoms with E-state index in [1.54, 1.807) is 0 Å². The van der Waals surface area contributed by atoms with E-state index in [0.29, 0.717) is 5.33 Å². The summed E-state index contributed by atoms with van der Waals surface area (Å²) in [5.41, 5.74) is -0.230. The summed E-state index contributed by atoms with van der Waals surface area (Å²) in [6, 6.07) is 0. The molecule has 1 rings (SSSR count). The molecule has 0 aromatic rings. The van der Waals surface area contributed by atoms with Gasteiger partial charge in [-0.1, -0.05) is 45.2 Å². The average molecular weight is 371 g/mol. The molecule has 0 amide bonds. The van der Waals surface area contributed by atoms with Crippen molar-refractivity contribution in [3.8, 4) is 0 Å². The van der Waals surface area contributed by atoms with Gasteiger partial charge in [0, 0.05) is 5.33 Å². The van der Waals surface area contributed by atoms with E-state index in [9.17, 15) is 4.79 Å². The number of hydrogen-bond donors (Lipinski definition) is 1. The number of esters is 1. The molecule has 0 saturated carbocycles. The number of rotatable bonds is 6. The molecule has 1 heterocycles. The minimum absolute atomic E-state index is 0.139. The van der Waals surface area contributed by atoms with E-state index in [1.807, 2.05) is 0 Å². The first kappa shape index (κ1) is 15.4. The first-order valence-corrected chi connectivity index (χ1v) is 8.31. The third-order valence-corrected chi connectivity index (χ3v) is 5.42. The van der Waals surface area contributed by atoms with Crippen LogP contribution in [0.25, 0.3) is 0 Å². The van der Waals surface area contributed by atoms with Crippen LogP contribution in [0.15, 0.2) is 0 Å². The van der Waals surface area contributed by atoms with Crippen LogP contribution in [0.2, 0.25) is 0 Å². The van der Waals surface area contributed by atoms with Crippen LogP contribution in [0.3, 0.4) is 0 Å². The lowest BCUT2D eigenvalue weighted by Crippen LogP contribution is -2.46. The second-order valence-corrected chi connectivity index (χ2v) is 6.33. The van der Waals surface area contributed by atoms with Gasteiger partial charge in [0.05, 0.1) is 0 Å². The van der Waals surface area contributed by atoms with Gasteiger partial charge in [-0.05, 0) is 38.8 Å². The molecule has 0 aromatic heterocycles. The van der Waals surface area contributed by atoms with E-state index in [0.717, 1.165) is 45.2 Å². The predicted octanol–water partition coefficient (Wildman–Crippen LogP) is 3.00. The molecular weight excluding hydrogens is 350 g/mol. The number of unbranched alkanes of at least 4 members (excludes halogenated alkanes) is 1. The smallest absolute Gasteiger partial charge is 0.321 e. The van der Waals surface area contributed by atoms with Gasteiger partial charge in [-0.2, -0.15) is 0 Å². The SMILES string of the molecule is CCCCC1(OC(=O)C(Br)CBr)CCNCC1. The standard InChI is InChI=1S/C12H21Br2NO2/c1-2-3-4-12(5-7-15-8-6-12)17-11(16)10(14)9-13/h10,15H,2-9H2,1H3. The van der Waals surface area contributed by atoms with E-state index < -0.39 is 0 Å². The molecule has 0 aromatic carbocycles. The molecule has 1 saturated heterocycles. The summed E-state index contributed by atoms with van der Waals surface area (Å²) in [7, 11) is 0. The zero-order valence-electron chi connectivity index (χ0n) is 10.3. The summed E-state index contributed by atoms with van der Waals surface area (Å²) in [6.07, 6.45) is 5.11. The molecule has 1 aliphatic rings. The van der Waals surface area contributed by atoms with E-state index in [2.05, 4.69) is 44.1 Å². The van der Waals surface area contributed by atoms with Gasteiger partial charge in [0.1, 0.15) is 10.4 Å². The van der Waals surface area contributed by atoms with Crippen molar-refractivity contribution in [1.82, 2.24) is 5.32 Å². The molecule has 1 fully saturated rings. The Bertz CT molecular complexity index is 243. The highest BCUT2D eigenvalue weighted by atomic mass is 79.9. The molecule has 100 valence electrons. The Morgan fingerprint density at radius 2 is 2.12 bits per heavy atom. The lowest BCUT2D eigenvalue weighted by Gasteiger charge is -2.37. The molecule has 5 heteroatoms. The Morgan fingerprint density at radius 3 is 2.65 bits per heavy atom. The molecule has 1 N–H and O–H groups in total. The highest BCUT2D eigenvalue weighted by Crippen LogP contribution is 2.30. The number of ether oxygens (including phenoxy) is 1. The molecule has 1 atom stereocenters. The summed E-state index contributed by atoms with van der Waals surface area (Å²) in [5.74, 6) is -0.139. The Balaban J connectivity index is 2.59. The molecule has 0 radical (unpaired) electrons. The van der Waals surface area contributed by atoms with Crippen LogP contribution in [-0.4, -0.2) is 34.8 Å². The minimum Gasteiger partial charge on any atom is -0.458 e. The van der Waals surface area contributed by atoms with E-state index in [1.165, 1.54) is 0 Å². The van der Waals surface area contributed by atoms with E-state index in [4.69, 9.17) is 4.74 Å². The third kappa shape index (κ3) is 4.87. The number of carbonyl (C=O) groups is 1. The van der Waals surface area contributed by atoms with Gasteiger partial charge in [0.2, 0.25) is 0 Å². The number of hydrogen-bond acceptors (Lipinski definition) is 3. The molecule has 0 aliphatic carbocycles. The maximum atomic E-state index is 11.9. The Hall–Kier alpha value is 0.390. The molecule has 1 unspecified atom stereocenters. The van der Waals surface area contributed by atoms with Crippen molar-refractivity contribution in [2.45, 2.75) is 49.5 Å². The van der Waals surface area contributed by atoms with Gasteiger partial charge in [-0.15, -0.1) is 0 Å². The van der Waals surface area contributed by atoms with Crippen molar-refractivity contribution >= 4 is 37.8 Å². The van der Waals surface area contributed by atoms with Crippen LogP contribution >= 0.6 is 31.9 Å². The van der Waals surface area contributed by atoms with Crippen LogP contribution in [-0.2, 0) is 9.53 Å². The van der Waals surface area contributed by atoms with Crippen molar-refractivity contribution in [3.05, 3.63) is 0 Å². The Kier molecular flexibility index (Phi) is 7.04. The normalized spacial score (nSPS) is 20.9. The van der Waals surface area contributed by atoms with Crippen molar-refractivity contribution in [2.75, 3.05) is 18.4 Å². The van der Waals surface area contributed by atoms with Gasteiger partial charge in [0.15, 0.2) is 0 Å². The largest absolute Gasteiger partial charge is 0.458 e. The average Bonchev–Trinajstić information content (AvgIpc) is 2.36. The Morgan fingerprint density at radius 1 is 1.47 bits per heavy atom. The lowest BCUT2D eigenvalue weighted by molar-refractivity contribution is -0.162. The van der Waals surface area contributed by atoms with Crippen molar-refractivity contribution in [3.63, 3.8) is 0 Å². The molecule has 17 heavy (non-hydrogen) atoms. The highest BCUT2D eigenvalue weighted by molar-refractivity contribution is 9.12. The van der Waals surface area contributed by atoms with Crippen LogP contribution in [0.4, 0.5) is 0 Å². The molecule has 1 aliphatic heterocycles. The fourth-order valence-electron chi connectivity index (χ4n) is 2.12. The summed E-state index contributed by atoms with van der Waals surface area (Å²) in [5, 5.41) is 3.91. The molecular formula is C12H21Br2NO2. The highest BCUT2D eigenvalue weighted by Gasteiger charge is 2.36. The number of halogens is 2. The van der Waals surface area contributed by atoms with Gasteiger partial charge in [-0.25, -0.2) is 0 Å². The van der Waals surface area contributed by atoms with Crippen molar-refractivity contribution in [2.24, 2.45) is 0 Å². The van der Waals surface area contributed by atoms with E-state index in [-0.39, 0.29) is 16.4 Å². The van der Waals surface area contributed by atoms with Gasteiger partial charge >= 0.3 is 5.97 Å². The second kappa shape index (κ2) is 7.74. The van der Waals surface area contributed by atoms with Crippen LogP contribution in [0.1, 0.15) is 39.0 Å². The van der Waals surface area contributed by atoms with Gasteiger partial charge < -0.3 is 10.1 Å². The number of nitrogens with one attached hydrogen (secondary N) is 1. The summed E-state index contributed by atoms with van der Waals surface area (Å²) >= 11 is 6.61. The first-order valence-electron chi connectivity index (χ1n) is 6.27. The molecule has 0 bridgehead atoms. The van der Waals surface area contributed by atoms with Crippen molar-refractivity contribution in [1.29, 1.82) is 0 Å². The zero-order chi connectivity index (χ0) is 12.7. The topological polar surface area (TPSA) is 38.3 Å². The second-order valence-electron chi connectivity index (χ2n) is 4.58. The number of piperidine rings is 1. The van der Waals surface area contributed by atoms with Gasteiger partial charge in [-0.3, -0.25) is 4.79 Å². The zero-order valence-corrected chi connectivity index (χ0v) is 13.5. The summed E-state index contributed by atoms with van der Waals surface area (Å²) in [6.45, 7) is 4.05. The van der Waals surface area contributed by atoms with Gasteiger partial charge in [0.25, 0.3) is 0 Å². The summed E-state index contributed by atoms with van der Waals surface area (Å²) < 4.78 is 5.78. The maximum Gasteiger partial charge on any atom is 0.321 e. The fourth-order valence-corrected chi connectivity index (χ4v) is 2.48. The summed E-state index contributed by atoms with van der Waals surface area (Å²) in [4.78, 5) is 11.7. The first-order chi connectivity index (χ1) is 8.13. The van der Waals surface area contributed by atoms with Crippen LogP contribution in [0.5, 0.6) is 0 Å². The Labute approximate surface area is 120 Å². The van der Waals surface area contributed by atoms with Crippen molar-refractivity contribution < 1.29 is 9.53 Å². The quantitative estimate of drug-likeness (QED) is 0.577. The predicted molar refractivity (Wildman–Crippen MR) is 77.0 cm³/mol. The number of alkyl halides is 2. The minimum atomic E-state index is -0.240. The van der Waals surface area contributed by atoms with Crippen LogP contribution < -0.4 is 5.32 Å².